The fraction of sp³-hybridized carbons (Fsp3) is 0.200. The first-order chi connectivity index (χ1) is 10.1. The van der Waals surface area contributed by atoms with Crippen molar-refractivity contribution in [3.05, 3.63) is 51.7 Å². The highest BCUT2D eigenvalue weighted by Crippen LogP contribution is 2.25. The Labute approximate surface area is 125 Å². The van der Waals surface area contributed by atoms with Gasteiger partial charge in [-0.1, -0.05) is 18.2 Å². The lowest BCUT2D eigenvalue weighted by molar-refractivity contribution is 0.0696. The normalized spacial score (nSPS) is 11.1. The fourth-order valence-corrected chi connectivity index (χ4v) is 2.96. The summed E-state index contributed by atoms with van der Waals surface area (Å²) in [5.41, 5.74) is 1.82. The van der Waals surface area contributed by atoms with E-state index in [1.165, 1.54) is 0 Å². The summed E-state index contributed by atoms with van der Waals surface area (Å²) in [6.45, 7) is 2.89. The molecule has 0 bridgehead atoms. The number of hydrogen-bond acceptors (Lipinski definition) is 5. The van der Waals surface area contributed by atoms with Crippen molar-refractivity contribution in [2.45, 2.75) is 20.0 Å². The summed E-state index contributed by atoms with van der Waals surface area (Å²) in [6, 6.07) is 7.16. The van der Waals surface area contributed by atoms with E-state index in [-0.39, 0.29) is 5.56 Å². The first-order valence-corrected chi connectivity index (χ1v) is 7.38. The van der Waals surface area contributed by atoms with E-state index in [0.717, 1.165) is 10.7 Å². The van der Waals surface area contributed by atoms with Crippen LogP contribution in [-0.4, -0.2) is 16.1 Å². The van der Waals surface area contributed by atoms with E-state index in [0.29, 0.717) is 29.8 Å². The van der Waals surface area contributed by atoms with Gasteiger partial charge in [-0.05, 0) is 13.0 Å². The summed E-state index contributed by atoms with van der Waals surface area (Å²) in [5, 5.41) is 16.1. The van der Waals surface area contributed by atoms with Gasteiger partial charge in [0.25, 0.3) is 0 Å². The molecule has 108 valence electrons. The van der Waals surface area contributed by atoms with Crippen LogP contribution in [0.1, 0.15) is 26.8 Å². The Morgan fingerprint density at radius 2 is 2.19 bits per heavy atom. The lowest BCUT2D eigenvalue weighted by atomic mass is 10.1. The number of rotatable bonds is 5. The highest BCUT2D eigenvalue weighted by molar-refractivity contribution is 7.09. The minimum atomic E-state index is -0.971. The number of para-hydroxylation sites is 1. The maximum Gasteiger partial charge on any atom is 0.339 e. The van der Waals surface area contributed by atoms with Crippen molar-refractivity contribution in [3.8, 4) is 0 Å². The van der Waals surface area contributed by atoms with E-state index < -0.39 is 5.97 Å². The highest BCUT2D eigenvalue weighted by atomic mass is 32.1. The zero-order valence-electron chi connectivity index (χ0n) is 11.4. The predicted octanol–water partition coefficient (Wildman–Crippen LogP) is 3.19. The number of aryl methyl sites for hydroxylation is 1. The zero-order valence-corrected chi connectivity index (χ0v) is 12.2. The minimum Gasteiger partial charge on any atom is -0.478 e. The maximum atomic E-state index is 11.4. The SMILES string of the molecule is Cc1csc(CNCc2oc3ccccc3c2C(=O)O)n1. The van der Waals surface area contributed by atoms with Gasteiger partial charge in [0.15, 0.2) is 0 Å². The van der Waals surface area contributed by atoms with E-state index in [1.54, 1.807) is 29.5 Å². The molecule has 6 heteroatoms. The number of carboxylic acids is 1. The Morgan fingerprint density at radius 3 is 2.90 bits per heavy atom. The second-order valence-corrected chi connectivity index (χ2v) is 5.63. The summed E-state index contributed by atoms with van der Waals surface area (Å²) >= 11 is 1.58. The van der Waals surface area contributed by atoms with Crippen LogP contribution in [0.15, 0.2) is 34.1 Å². The van der Waals surface area contributed by atoms with E-state index in [1.807, 2.05) is 18.4 Å². The second-order valence-electron chi connectivity index (χ2n) is 4.69. The van der Waals surface area contributed by atoms with Crippen LogP contribution in [0, 0.1) is 6.92 Å². The Hall–Kier alpha value is -2.18. The van der Waals surface area contributed by atoms with Gasteiger partial charge in [-0.15, -0.1) is 11.3 Å². The third-order valence-electron chi connectivity index (χ3n) is 3.11. The molecular formula is C15H14N2O3S. The third-order valence-corrected chi connectivity index (χ3v) is 4.08. The van der Waals surface area contributed by atoms with Crippen LogP contribution in [0.3, 0.4) is 0 Å². The molecule has 0 unspecified atom stereocenters. The van der Waals surface area contributed by atoms with Crippen LogP contribution in [0.25, 0.3) is 11.0 Å². The summed E-state index contributed by atoms with van der Waals surface area (Å²) in [4.78, 5) is 15.8. The Bertz CT molecular complexity index is 791. The summed E-state index contributed by atoms with van der Waals surface area (Å²) in [7, 11) is 0. The summed E-state index contributed by atoms with van der Waals surface area (Å²) in [5.74, 6) is -0.529. The lowest BCUT2D eigenvalue weighted by Crippen LogP contribution is -2.14. The molecule has 0 fully saturated rings. The lowest BCUT2D eigenvalue weighted by Gasteiger charge is -2.01. The smallest absolute Gasteiger partial charge is 0.339 e. The molecule has 0 aliphatic carbocycles. The zero-order chi connectivity index (χ0) is 14.8. The average molecular weight is 302 g/mol. The van der Waals surface area contributed by atoms with Crippen LogP contribution < -0.4 is 5.32 Å². The molecule has 0 atom stereocenters. The van der Waals surface area contributed by atoms with Crippen LogP contribution >= 0.6 is 11.3 Å². The van der Waals surface area contributed by atoms with E-state index in [4.69, 9.17) is 4.42 Å². The molecule has 3 aromatic rings. The third kappa shape index (κ3) is 2.81. The number of hydrogen-bond donors (Lipinski definition) is 2. The number of carbonyl (C=O) groups is 1. The van der Waals surface area contributed by atoms with Crippen molar-refractivity contribution in [1.29, 1.82) is 0 Å². The second kappa shape index (κ2) is 5.67. The molecule has 21 heavy (non-hydrogen) atoms. The highest BCUT2D eigenvalue weighted by Gasteiger charge is 2.19. The molecule has 2 aromatic heterocycles. The van der Waals surface area contributed by atoms with Crippen LogP contribution in [0.4, 0.5) is 0 Å². The number of benzene rings is 1. The van der Waals surface area contributed by atoms with Gasteiger partial charge in [-0.25, -0.2) is 9.78 Å². The Morgan fingerprint density at radius 1 is 1.38 bits per heavy atom. The molecule has 2 N–H and O–H groups in total. The summed E-state index contributed by atoms with van der Waals surface area (Å²) < 4.78 is 5.64. The van der Waals surface area contributed by atoms with Gasteiger partial charge in [-0.2, -0.15) is 0 Å². The van der Waals surface area contributed by atoms with Crippen molar-refractivity contribution in [1.82, 2.24) is 10.3 Å². The van der Waals surface area contributed by atoms with Gasteiger partial charge in [0, 0.05) is 23.0 Å². The number of aromatic carboxylic acids is 1. The van der Waals surface area contributed by atoms with Crippen LogP contribution in [-0.2, 0) is 13.1 Å². The number of nitrogens with one attached hydrogen (secondary N) is 1. The summed E-state index contributed by atoms with van der Waals surface area (Å²) in [6.07, 6.45) is 0. The first kappa shape index (κ1) is 13.8. The quantitative estimate of drug-likeness (QED) is 0.757. The maximum absolute atomic E-state index is 11.4. The molecule has 0 saturated heterocycles. The molecule has 0 radical (unpaired) electrons. The number of furan rings is 1. The van der Waals surface area contributed by atoms with Gasteiger partial charge in [0.1, 0.15) is 21.9 Å². The molecule has 0 spiro atoms. The number of nitrogens with zero attached hydrogens (tertiary/aromatic N) is 1. The molecule has 1 aromatic carbocycles. The minimum absolute atomic E-state index is 0.230. The van der Waals surface area contributed by atoms with Crippen LogP contribution in [0.2, 0.25) is 0 Å². The largest absolute Gasteiger partial charge is 0.478 e. The monoisotopic (exact) mass is 302 g/mol. The van der Waals surface area contributed by atoms with Gasteiger partial charge in [-0.3, -0.25) is 0 Å². The van der Waals surface area contributed by atoms with E-state index >= 15 is 0 Å². The van der Waals surface area contributed by atoms with Crippen molar-refractivity contribution in [3.63, 3.8) is 0 Å². The van der Waals surface area contributed by atoms with Crippen molar-refractivity contribution >= 4 is 28.3 Å². The molecule has 0 aliphatic heterocycles. The van der Waals surface area contributed by atoms with Crippen molar-refractivity contribution in [2.24, 2.45) is 0 Å². The molecule has 0 amide bonds. The number of fused-ring (bicyclic) bond motifs is 1. The molecular weight excluding hydrogens is 288 g/mol. The first-order valence-electron chi connectivity index (χ1n) is 6.50. The molecule has 3 rings (SSSR count). The number of thiazole rings is 1. The average Bonchev–Trinajstić information content (AvgIpc) is 3.02. The predicted molar refractivity (Wildman–Crippen MR) is 80.6 cm³/mol. The fourth-order valence-electron chi connectivity index (χ4n) is 2.22. The standard InChI is InChI=1S/C15H14N2O3S/c1-9-8-21-13(17-9)7-16-6-12-14(15(18)19)10-4-2-3-5-11(10)20-12/h2-5,8,16H,6-7H2,1H3,(H,18,19). The topological polar surface area (TPSA) is 75.4 Å². The Kier molecular flexibility index (Phi) is 3.72. The molecule has 5 nitrogen and oxygen atoms in total. The Balaban J connectivity index is 1.80. The number of aromatic nitrogens is 1. The molecule has 0 aliphatic rings. The van der Waals surface area contributed by atoms with Gasteiger partial charge in [0.2, 0.25) is 0 Å². The van der Waals surface area contributed by atoms with Gasteiger partial charge < -0.3 is 14.8 Å². The van der Waals surface area contributed by atoms with E-state index in [2.05, 4.69) is 10.3 Å². The van der Waals surface area contributed by atoms with Crippen molar-refractivity contribution < 1.29 is 14.3 Å². The molecule has 0 saturated carbocycles. The van der Waals surface area contributed by atoms with Crippen molar-refractivity contribution in [2.75, 3.05) is 0 Å². The van der Waals surface area contributed by atoms with Gasteiger partial charge in [0.05, 0.1) is 6.54 Å². The van der Waals surface area contributed by atoms with Crippen LogP contribution in [0.5, 0.6) is 0 Å². The van der Waals surface area contributed by atoms with E-state index in [9.17, 15) is 9.90 Å². The number of carboxylic acid groups (broad SMARTS) is 1. The van der Waals surface area contributed by atoms with Gasteiger partial charge >= 0.3 is 5.97 Å². The molecule has 2 heterocycles.